The van der Waals surface area contributed by atoms with Crippen LogP contribution in [0.3, 0.4) is 0 Å². The maximum absolute atomic E-state index is 5.54. The van der Waals surface area contributed by atoms with Crippen molar-refractivity contribution < 1.29 is 4.74 Å². The molecule has 0 spiro atoms. The summed E-state index contributed by atoms with van der Waals surface area (Å²) in [6.45, 7) is 15.4. The number of nitrogens with one attached hydrogen (secondary N) is 2. The Morgan fingerprint density at radius 2 is 1.77 bits per heavy atom. The van der Waals surface area contributed by atoms with Gasteiger partial charge in [0.1, 0.15) is 0 Å². The molecule has 0 bridgehead atoms. The van der Waals surface area contributed by atoms with Crippen LogP contribution in [0.4, 0.5) is 0 Å². The Labute approximate surface area is 184 Å². The van der Waals surface area contributed by atoms with Gasteiger partial charge in [-0.3, -0.25) is 14.8 Å². The largest absolute Gasteiger partial charge is 0.379 e. The molecule has 1 saturated heterocycles. The highest BCUT2D eigenvalue weighted by atomic mass is 16.5. The molecule has 1 aromatic carbocycles. The third-order valence-corrected chi connectivity index (χ3v) is 5.90. The summed E-state index contributed by atoms with van der Waals surface area (Å²) in [6.07, 6.45) is 1.17. The first-order valence-corrected chi connectivity index (χ1v) is 11.4. The molecule has 1 aliphatic rings. The fourth-order valence-electron chi connectivity index (χ4n) is 3.80. The average molecular weight is 418 g/mol. The molecule has 0 radical (unpaired) electrons. The van der Waals surface area contributed by atoms with E-state index in [4.69, 9.17) is 4.74 Å². The van der Waals surface area contributed by atoms with Gasteiger partial charge in [-0.2, -0.15) is 0 Å². The van der Waals surface area contributed by atoms with Crippen molar-refractivity contribution in [3.05, 3.63) is 35.4 Å². The van der Waals surface area contributed by atoms with E-state index < -0.39 is 0 Å². The molecule has 0 aliphatic carbocycles. The monoisotopic (exact) mass is 417 g/mol. The zero-order valence-corrected chi connectivity index (χ0v) is 19.9. The molecule has 0 aromatic heterocycles. The van der Waals surface area contributed by atoms with Gasteiger partial charge in [-0.1, -0.05) is 38.1 Å². The van der Waals surface area contributed by atoms with Gasteiger partial charge in [0.05, 0.1) is 13.2 Å². The van der Waals surface area contributed by atoms with Crippen LogP contribution in [-0.4, -0.2) is 74.8 Å². The molecule has 170 valence electrons. The number of hydrogen-bond donors (Lipinski definition) is 2. The number of rotatable bonds is 10. The summed E-state index contributed by atoms with van der Waals surface area (Å²) >= 11 is 0. The molecule has 0 saturated carbocycles. The van der Waals surface area contributed by atoms with Crippen LogP contribution < -0.4 is 10.6 Å². The molecule has 0 amide bonds. The second kappa shape index (κ2) is 12.9. The van der Waals surface area contributed by atoms with Crippen molar-refractivity contribution in [3.63, 3.8) is 0 Å². The molecule has 6 heteroatoms. The van der Waals surface area contributed by atoms with E-state index in [1.54, 1.807) is 0 Å². The third-order valence-electron chi connectivity index (χ3n) is 5.90. The van der Waals surface area contributed by atoms with Crippen molar-refractivity contribution in [2.75, 3.05) is 46.9 Å². The fraction of sp³-hybridized carbons (Fsp3) is 0.708. The minimum absolute atomic E-state index is 0.499. The van der Waals surface area contributed by atoms with Gasteiger partial charge in [0.25, 0.3) is 0 Å². The number of morpholine rings is 1. The Kier molecular flexibility index (Phi) is 10.6. The fourth-order valence-corrected chi connectivity index (χ4v) is 3.80. The smallest absolute Gasteiger partial charge is 0.191 e. The highest BCUT2D eigenvalue weighted by Crippen LogP contribution is 2.14. The van der Waals surface area contributed by atoms with Gasteiger partial charge in [-0.15, -0.1) is 0 Å². The van der Waals surface area contributed by atoms with Crippen LogP contribution in [0.15, 0.2) is 29.3 Å². The molecule has 1 heterocycles. The molecule has 30 heavy (non-hydrogen) atoms. The highest BCUT2D eigenvalue weighted by molar-refractivity contribution is 5.79. The predicted octanol–water partition coefficient (Wildman–Crippen LogP) is 2.94. The molecule has 2 N–H and O–H groups in total. The van der Waals surface area contributed by atoms with Crippen molar-refractivity contribution in [2.45, 2.75) is 59.3 Å². The number of ether oxygens (including phenoxy) is 1. The summed E-state index contributed by atoms with van der Waals surface area (Å²) in [5.74, 6) is 1.53. The van der Waals surface area contributed by atoms with Crippen molar-refractivity contribution in [3.8, 4) is 0 Å². The molecule has 1 aliphatic heterocycles. The normalized spacial score (nSPS) is 17.0. The Morgan fingerprint density at radius 3 is 2.37 bits per heavy atom. The number of guanidine groups is 1. The van der Waals surface area contributed by atoms with Crippen LogP contribution in [0.1, 0.15) is 45.2 Å². The third kappa shape index (κ3) is 8.25. The number of nitrogens with zero attached hydrogens (tertiary/aromatic N) is 3. The molecule has 1 atom stereocenters. The van der Waals surface area contributed by atoms with E-state index in [0.717, 1.165) is 51.9 Å². The van der Waals surface area contributed by atoms with Crippen LogP contribution in [0.25, 0.3) is 0 Å². The van der Waals surface area contributed by atoms with Crippen LogP contribution in [0, 0.1) is 5.92 Å². The van der Waals surface area contributed by atoms with E-state index in [-0.39, 0.29) is 0 Å². The summed E-state index contributed by atoms with van der Waals surface area (Å²) < 4.78 is 5.54. The highest BCUT2D eigenvalue weighted by Gasteiger charge is 2.22. The first-order chi connectivity index (χ1) is 14.4. The van der Waals surface area contributed by atoms with Crippen molar-refractivity contribution in [1.29, 1.82) is 0 Å². The molecular formula is C24H43N5O. The van der Waals surface area contributed by atoms with E-state index in [2.05, 4.69) is 84.4 Å². The summed E-state index contributed by atoms with van der Waals surface area (Å²) in [7, 11) is 4.02. The lowest BCUT2D eigenvalue weighted by Gasteiger charge is -2.35. The van der Waals surface area contributed by atoms with Crippen LogP contribution in [-0.2, 0) is 17.8 Å². The van der Waals surface area contributed by atoms with Gasteiger partial charge in [-0.05, 0) is 44.4 Å². The van der Waals surface area contributed by atoms with Gasteiger partial charge < -0.3 is 15.4 Å². The van der Waals surface area contributed by atoms with Gasteiger partial charge in [0.15, 0.2) is 5.96 Å². The first kappa shape index (κ1) is 24.6. The average Bonchev–Trinajstić information content (AvgIpc) is 2.74. The van der Waals surface area contributed by atoms with Gasteiger partial charge in [0.2, 0.25) is 0 Å². The van der Waals surface area contributed by atoms with E-state index in [0.29, 0.717) is 18.0 Å². The summed E-state index contributed by atoms with van der Waals surface area (Å²) in [5.41, 5.74) is 2.68. The standard InChI is InChI=1S/C24H43N5O/c1-19(2)15-23(29-11-13-30-14-12-29)17-27-24(25-5)26-16-21-9-7-8-10-22(21)18-28(6)20(3)4/h7-10,19-20,23H,11-18H2,1-6H3,(H2,25,26,27). The molecular weight excluding hydrogens is 374 g/mol. The van der Waals surface area contributed by atoms with Crippen LogP contribution in [0.2, 0.25) is 0 Å². The summed E-state index contributed by atoms with van der Waals surface area (Å²) in [5, 5.41) is 7.08. The number of hydrogen-bond acceptors (Lipinski definition) is 4. The topological polar surface area (TPSA) is 52.1 Å². The molecule has 1 unspecified atom stereocenters. The van der Waals surface area contributed by atoms with E-state index >= 15 is 0 Å². The van der Waals surface area contributed by atoms with Crippen molar-refractivity contribution in [2.24, 2.45) is 10.9 Å². The van der Waals surface area contributed by atoms with E-state index in [1.807, 2.05) is 7.05 Å². The molecule has 1 fully saturated rings. The Morgan fingerprint density at radius 1 is 1.10 bits per heavy atom. The SMILES string of the molecule is CN=C(NCc1ccccc1CN(C)C(C)C)NCC(CC(C)C)N1CCOCC1. The Bertz CT molecular complexity index is 640. The van der Waals surface area contributed by atoms with Crippen molar-refractivity contribution in [1.82, 2.24) is 20.4 Å². The first-order valence-electron chi connectivity index (χ1n) is 11.4. The second-order valence-corrected chi connectivity index (χ2v) is 9.02. The second-order valence-electron chi connectivity index (χ2n) is 9.02. The molecule has 2 rings (SSSR count). The van der Waals surface area contributed by atoms with Gasteiger partial charge in [0, 0.05) is 51.9 Å². The van der Waals surface area contributed by atoms with Gasteiger partial charge >= 0.3 is 0 Å². The maximum Gasteiger partial charge on any atom is 0.191 e. The Hall–Kier alpha value is -1.63. The number of benzene rings is 1. The minimum atomic E-state index is 0.499. The molecule has 6 nitrogen and oxygen atoms in total. The summed E-state index contributed by atoms with van der Waals surface area (Å²) in [6, 6.07) is 9.70. The lowest BCUT2D eigenvalue weighted by Crippen LogP contribution is -2.51. The quantitative estimate of drug-likeness (QED) is 0.453. The maximum atomic E-state index is 5.54. The Balaban J connectivity index is 1.92. The van der Waals surface area contributed by atoms with Crippen LogP contribution in [0.5, 0.6) is 0 Å². The lowest BCUT2D eigenvalue weighted by atomic mass is 10.0. The van der Waals surface area contributed by atoms with Crippen LogP contribution >= 0.6 is 0 Å². The lowest BCUT2D eigenvalue weighted by molar-refractivity contribution is 0.0132. The number of aliphatic imine (C=N–C) groups is 1. The minimum Gasteiger partial charge on any atom is -0.379 e. The zero-order valence-electron chi connectivity index (χ0n) is 19.9. The zero-order chi connectivity index (χ0) is 21.9. The van der Waals surface area contributed by atoms with E-state index in [9.17, 15) is 0 Å². The predicted molar refractivity (Wildman–Crippen MR) is 127 cm³/mol. The molecule has 1 aromatic rings. The van der Waals surface area contributed by atoms with E-state index in [1.165, 1.54) is 17.5 Å². The summed E-state index contributed by atoms with van der Waals surface area (Å²) in [4.78, 5) is 9.38. The van der Waals surface area contributed by atoms with Crippen molar-refractivity contribution >= 4 is 5.96 Å². The van der Waals surface area contributed by atoms with Gasteiger partial charge in [-0.25, -0.2) is 0 Å².